The van der Waals surface area contributed by atoms with Crippen LogP contribution in [-0.2, 0) is 11.2 Å². The Hall–Kier alpha value is -1.89. The first-order chi connectivity index (χ1) is 12.5. The smallest absolute Gasteiger partial charge is 0.159 e. The van der Waals surface area contributed by atoms with Gasteiger partial charge in [0.1, 0.15) is 0 Å². The summed E-state index contributed by atoms with van der Waals surface area (Å²) >= 11 is 0. The highest BCUT2D eigenvalue weighted by Gasteiger charge is 2.23. The van der Waals surface area contributed by atoms with Gasteiger partial charge in [-0.2, -0.15) is 0 Å². The summed E-state index contributed by atoms with van der Waals surface area (Å²) in [5.41, 5.74) is 5.23. The summed E-state index contributed by atoms with van der Waals surface area (Å²) in [5, 5.41) is 0. The molecule has 1 nitrogen and oxygen atoms in total. The van der Waals surface area contributed by atoms with Gasteiger partial charge < -0.3 is 0 Å². The van der Waals surface area contributed by atoms with Crippen LogP contribution in [0.2, 0.25) is 0 Å². The fourth-order valence-corrected chi connectivity index (χ4v) is 2.38. The van der Waals surface area contributed by atoms with Crippen molar-refractivity contribution in [3.05, 3.63) is 71.3 Å². The third-order valence-corrected chi connectivity index (χ3v) is 3.85. The molecular formula is C25H40O. The quantitative estimate of drug-likeness (QED) is 0.389. The Morgan fingerprint density at radius 1 is 1.19 bits per heavy atom. The highest BCUT2D eigenvalue weighted by atomic mass is 16.1. The number of carbonyl (C=O) groups is 1. The number of ketones is 1. The van der Waals surface area contributed by atoms with Crippen molar-refractivity contribution in [3.63, 3.8) is 0 Å². The van der Waals surface area contributed by atoms with E-state index in [1.807, 2.05) is 40.7 Å². The summed E-state index contributed by atoms with van der Waals surface area (Å²) in [6.07, 6.45) is 10.9. The summed E-state index contributed by atoms with van der Waals surface area (Å²) in [6.45, 7) is 19.4. The molecule has 26 heavy (non-hydrogen) atoms. The van der Waals surface area contributed by atoms with E-state index in [1.54, 1.807) is 23.8 Å². The van der Waals surface area contributed by atoms with Crippen molar-refractivity contribution in [2.75, 3.05) is 0 Å². The first-order valence-corrected chi connectivity index (χ1v) is 10.1. The van der Waals surface area contributed by atoms with Crippen LogP contribution in [0, 0.1) is 6.92 Å². The minimum atomic E-state index is 0.0676. The van der Waals surface area contributed by atoms with Crippen LogP contribution in [0.3, 0.4) is 0 Å². The number of aryl methyl sites for hydroxylation is 2. The zero-order valence-corrected chi connectivity index (χ0v) is 18.4. The molecule has 0 amide bonds. The van der Waals surface area contributed by atoms with Crippen LogP contribution in [0.5, 0.6) is 0 Å². The van der Waals surface area contributed by atoms with Gasteiger partial charge in [-0.1, -0.05) is 83.7 Å². The lowest BCUT2D eigenvalue weighted by molar-refractivity contribution is -0.113. The van der Waals surface area contributed by atoms with E-state index < -0.39 is 0 Å². The van der Waals surface area contributed by atoms with Crippen molar-refractivity contribution < 1.29 is 4.79 Å². The Labute approximate surface area is 162 Å². The predicted octanol–water partition coefficient (Wildman–Crippen LogP) is 7.75. The first-order valence-electron chi connectivity index (χ1n) is 10.1. The summed E-state index contributed by atoms with van der Waals surface area (Å²) < 4.78 is 0. The summed E-state index contributed by atoms with van der Waals surface area (Å²) in [4.78, 5) is 10.8. The van der Waals surface area contributed by atoms with Gasteiger partial charge in [-0.3, -0.25) is 4.79 Å². The molecular weight excluding hydrogens is 316 g/mol. The zero-order chi connectivity index (χ0) is 20.5. The van der Waals surface area contributed by atoms with E-state index in [9.17, 15) is 4.79 Å². The molecule has 0 N–H and O–H groups in total. The molecule has 0 saturated heterocycles. The number of rotatable bonds is 5. The minimum absolute atomic E-state index is 0.0676. The molecule has 1 fully saturated rings. The minimum Gasteiger partial charge on any atom is -0.295 e. The van der Waals surface area contributed by atoms with E-state index in [-0.39, 0.29) is 5.78 Å². The van der Waals surface area contributed by atoms with Gasteiger partial charge in [-0.05, 0) is 62.6 Å². The molecule has 146 valence electrons. The van der Waals surface area contributed by atoms with E-state index in [4.69, 9.17) is 0 Å². The maximum Gasteiger partial charge on any atom is 0.159 e. The third kappa shape index (κ3) is 10.9. The molecule has 0 heterocycles. The average molecular weight is 357 g/mol. The Bertz CT molecular complexity index is 572. The van der Waals surface area contributed by atoms with Crippen LogP contribution >= 0.6 is 0 Å². The van der Waals surface area contributed by atoms with E-state index >= 15 is 0 Å². The van der Waals surface area contributed by atoms with Crippen LogP contribution in [0.25, 0.3) is 0 Å². The second-order valence-corrected chi connectivity index (χ2v) is 5.73. The first kappa shape index (κ1) is 26.3. The van der Waals surface area contributed by atoms with Crippen molar-refractivity contribution in [1.29, 1.82) is 0 Å². The fourth-order valence-electron chi connectivity index (χ4n) is 2.38. The molecule has 0 spiro atoms. The molecule has 1 heteroatoms. The zero-order valence-electron chi connectivity index (χ0n) is 18.4. The Morgan fingerprint density at radius 2 is 1.77 bits per heavy atom. The largest absolute Gasteiger partial charge is 0.295 e. The summed E-state index contributed by atoms with van der Waals surface area (Å²) in [6, 6.07) is 6.98. The molecule has 1 saturated carbocycles. The Balaban J connectivity index is 0. The van der Waals surface area contributed by atoms with Crippen LogP contribution in [0.1, 0.15) is 83.9 Å². The molecule has 1 aliphatic carbocycles. The van der Waals surface area contributed by atoms with E-state index in [1.165, 1.54) is 30.9 Å². The Morgan fingerprint density at radius 3 is 2.12 bits per heavy atom. The molecule has 1 aliphatic rings. The lowest BCUT2D eigenvalue weighted by Crippen LogP contribution is -1.91. The average Bonchev–Trinajstić information content (AvgIpc) is 3.50. The molecule has 0 radical (unpaired) electrons. The van der Waals surface area contributed by atoms with Gasteiger partial charge in [0.2, 0.25) is 0 Å². The maximum atomic E-state index is 10.8. The van der Waals surface area contributed by atoms with E-state index in [0.29, 0.717) is 5.57 Å². The van der Waals surface area contributed by atoms with Crippen LogP contribution in [0.4, 0.5) is 0 Å². The van der Waals surface area contributed by atoms with Gasteiger partial charge in [0, 0.05) is 5.57 Å². The number of carbonyl (C=O) groups excluding carboxylic acids is 1. The number of hydrogen-bond acceptors (Lipinski definition) is 1. The second kappa shape index (κ2) is 16.6. The van der Waals surface area contributed by atoms with Crippen LogP contribution in [0.15, 0.2) is 54.7 Å². The highest BCUT2D eigenvalue weighted by molar-refractivity contribution is 5.96. The fraction of sp³-hybridized carbons (Fsp3) is 0.480. The normalized spacial score (nSPS) is 12.7. The van der Waals surface area contributed by atoms with Gasteiger partial charge in [-0.15, -0.1) is 0 Å². The maximum absolute atomic E-state index is 10.8. The van der Waals surface area contributed by atoms with Gasteiger partial charge in [-0.25, -0.2) is 0 Å². The number of Topliss-reactive ketones (excluding diaryl/α,β-unsaturated/α-hetero) is 1. The molecule has 0 bridgehead atoms. The lowest BCUT2D eigenvalue weighted by atomic mass is 10.0. The van der Waals surface area contributed by atoms with E-state index in [2.05, 4.69) is 38.6 Å². The van der Waals surface area contributed by atoms with Crippen molar-refractivity contribution in [1.82, 2.24) is 0 Å². The molecule has 0 aromatic heterocycles. The van der Waals surface area contributed by atoms with Crippen molar-refractivity contribution in [2.24, 2.45) is 0 Å². The van der Waals surface area contributed by atoms with Crippen molar-refractivity contribution >= 4 is 5.78 Å². The molecule has 0 atom stereocenters. The van der Waals surface area contributed by atoms with Gasteiger partial charge in [0.05, 0.1) is 0 Å². The van der Waals surface area contributed by atoms with Crippen LogP contribution < -0.4 is 0 Å². The molecule has 0 aliphatic heterocycles. The monoisotopic (exact) mass is 356 g/mol. The third-order valence-electron chi connectivity index (χ3n) is 3.85. The molecule has 0 unspecified atom stereocenters. The molecule has 2 rings (SSSR count). The number of hydrogen-bond donors (Lipinski definition) is 0. The SMILES string of the molecule is C=C/C=C(\C=C/C)C(C)=O.CC.CC.CCc1ccc(C2CC2)cc1C. The molecule has 1 aromatic carbocycles. The van der Waals surface area contributed by atoms with Crippen molar-refractivity contribution in [3.8, 4) is 0 Å². The van der Waals surface area contributed by atoms with Gasteiger partial charge in [0.15, 0.2) is 5.78 Å². The number of allylic oxidation sites excluding steroid dienone is 5. The van der Waals surface area contributed by atoms with Crippen molar-refractivity contribution in [2.45, 2.75) is 80.6 Å². The highest BCUT2D eigenvalue weighted by Crippen LogP contribution is 2.40. The topological polar surface area (TPSA) is 17.1 Å². The lowest BCUT2D eigenvalue weighted by Gasteiger charge is -2.05. The van der Waals surface area contributed by atoms with Gasteiger partial charge >= 0.3 is 0 Å². The summed E-state index contributed by atoms with van der Waals surface area (Å²) in [7, 11) is 0. The van der Waals surface area contributed by atoms with E-state index in [0.717, 1.165) is 12.3 Å². The standard InChI is InChI=1S/C12H16.C9H12O.2C2H6/c1-3-10-4-7-12(8-9(10)2)11-5-6-11;1-4-6-9(7-5-2)8(3)10;2*1-2/h4,7-8,11H,3,5-6H2,1-2H3;4-7H,1H2,2-3H3;2*1-2H3/b;7-5-,9-6+;;. The summed E-state index contributed by atoms with van der Waals surface area (Å²) in [5.74, 6) is 0.965. The van der Waals surface area contributed by atoms with Crippen LogP contribution in [-0.4, -0.2) is 5.78 Å². The second-order valence-electron chi connectivity index (χ2n) is 5.73. The predicted molar refractivity (Wildman–Crippen MR) is 119 cm³/mol. The number of benzene rings is 1. The Kier molecular flexibility index (Phi) is 16.8. The molecule has 1 aromatic rings. The van der Waals surface area contributed by atoms with Gasteiger partial charge in [0.25, 0.3) is 0 Å².